The number of nitrogens with one attached hydrogen (secondary N) is 2. The van der Waals surface area contributed by atoms with Gasteiger partial charge < -0.3 is 15.5 Å². The smallest absolute Gasteiger partial charge is 0.252 e. The Labute approximate surface area is 133 Å². The maximum Gasteiger partial charge on any atom is 0.252 e. The zero-order valence-electron chi connectivity index (χ0n) is 12.5. The largest absolute Gasteiger partial charge is 0.352 e. The van der Waals surface area contributed by atoms with E-state index in [1.807, 2.05) is 5.38 Å². The molecule has 0 saturated carbocycles. The average Bonchev–Trinajstić information content (AvgIpc) is 3.21. The topological polar surface area (TPSA) is 78.5 Å². The number of amides is 3. The average molecular weight is 323 g/mol. The van der Waals surface area contributed by atoms with Crippen LogP contribution < -0.4 is 10.6 Å². The lowest BCUT2D eigenvalue weighted by atomic mass is 10.2. The standard InChI is InChI=1S/C15H21N3O3S/c19-13(17-10-14(20)18-7-1-2-8-18)4-3-6-16-15(21)12-5-9-22-11-12/h5,9,11H,1-4,6-8,10H2,(H,16,21)(H,17,19). The number of carbonyl (C=O) groups is 3. The molecule has 1 aliphatic heterocycles. The Morgan fingerprint density at radius 1 is 1.18 bits per heavy atom. The van der Waals surface area contributed by atoms with Crippen LogP contribution in [0.3, 0.4) is 0 Å². The summed E-state index contributed by atoms with van der Waals surface area (Å²) < 4.78 is 0. The van der Waals surface area contributed by atoms with Crippen LogP contribution in [0, 0.1) is 0 Å². The number of hydrogen-bond acceptors (Lipinski definition) is 4. The van der Waals surface area contributed by atoms with Crippen molar-refractivity contribution in [2.45, 2.75) is 25.7 Å². The molecule has 0 atom stereocenters. The summed E-state index contributed by atoms with van der Waals surface area (Å²) >= 11 is 1.47. The third-order valence-corrected chi connectivity index (χ3v) is 4.23. The minimum absolute atomic E-state index is 0.0170. The fourth-order valence-corrected chi connectivity index (χ4v) is 2.92. The summed E-state index contributed by atoms with van der Waals surface area (Å²) in [5.74, 6) is -0.292. The van der Waals surface area contributed by atoms with Crippen molar-refractivity contribution in [1.29, 1.82) is 0 Å². The van der Waals surface area contributed by atoms with Crippen LogP contribution in [0.5, 0.6) is 0 Å². The minimum atomic E-state index is -0.155. The molecule has 0 radical (unpaired) electrons. The molecule has 1 saturated heterocycles. The molecule has 2 rings (SSSR count). The normalized spacial score (nSPS) is 13.9. The first-order valence-electron chi connectivity index (χ1n) is 7.51. The molecule has 0 bridgehead atoms. The predicted molar refractivity (Wildman–Crippen MR) is 84.7 cm³/mol. The zero-order valence-corrected chi connectivity index (χ0v) is 13.3. The first-order valence-corrected chi connectivity index (χ1v) is 8.46. The Balaban J connectivity index is 1.54. The van der Waals surface area contributed by atoms with Gasteiger partial charge in [0.2, 0.25) is 11.8 Å². The van der Waals surface area contributed by atoms with Crippen molar-refractivity contribution in [2.24, 2.45) is 0 Å². The molecule has 6 nitrogen and oxygen atoms in total. The highest BCUT2D eigenvalue weighted by atomic mass is 32.1. The number of nitrogens with zero attached hydrogens (tertiary/aromatic N) is 1. The lowest BCUT2D eigenvalue weighted by Gasteiger charge is -2.15. The summed E-state index contributed by atoms with van der Waals surface area (Å²) in [4.78, 5) is 36.8. The second-order valence-corrected chi connectivity index (χ2v) is 6.02. The van der Waals surface area contributed by atoms with Crippen LogP contribution in [0.25, 0.3) is 0 Å². The maximum atomic E-state index is 11.8. The Hall–Kier alpha value is -1.89. The van der Waals surface area contributed by atoms with Gasteiger partial charge in [0.1, 0.15) is 0 Å². The van der Waals surface area contributed by atoms with Gasteiger partial charge in [-0.25, -0.2) is 0 Å². The van der Waals surface area contributed by atoms with Crippen molar-refractivity contribution in [3.05, 3.63) is 22.4 Å². The molecule has 1 aromatic heterocycles. The number of carbonyl (C=O) groups excluding carboxylic acids is 3. The fraction of sp³-hybridized carbons (Fsp3) is 0.533. The van der Waals surface area contributed by atoms with E-state index < -0.39 is 0 Å². The van der Waals surface area contributed by atoms with Gasteiger partial charge in [-0.2, -0.15) is 11.3 Å². The fourth-order valence-electron chi connectivity index (χ4n) is 2.29. The van der Waals surface area contributed by atoms with Gasteiger partial charge in [0, 0.05) is 37.0 Å². The van der Waals surface area contributed by atoms with Gasteiger partial charge in [-0.05, 0) is 30.7 Å². The summed E-state index contributed by atoms with van der Waals surface area (Å²) in [5.41, 5.74) is 0.644. The number of thiophene rings is 1. The van der Waals surface area contributed by atoms with Crippen molar-refractivity contribution < 1.29 is 14.4 Å². The van der Waals surface area contributed by atoms with Gasteiger partial charge in [0.05, 0.1) is 6.54 Å². The van der Waals surface area contributed by atoms with Crippen LogP contribution in [-0.4, -0.2) is 48.8 Å². The molecule has 1 aliphatic rings. The van der Waals surface area contributed by atoms with Crippen molar-refractivity contribution in [1.82, 2.24) is 15.5 Å². The van der Waals surface area contributed by atoms with E-state index in [2.05, 4.69) is 10.6 Å². The third-order valence-electron chi connectivity index (χ3n) is 3.55. The maximum absolute atomic E-state index is 11.8. The molecular formula is C15H21N3O3S. The highest BCUT2D eigenvalue weighted by Crippen LogP contribution is 2.07. The van der Waals surface area contributed by atoms with E-state index in [4.69, 9.17) is 0 Å². The van der Waals surface area contributed by atoms with E-state index in [0.717, 1.165) is 25.9 Å². The predicted octanol–water partition coefficient (Wildman–Crippen LogP) is 0.997. The van der Waals surface area contributed by atoms with Gasteiger partial charge in [-0.3, -0.25) is 14.4 Å². The van der Waals surface area contributed by atoms with Crippen LogP contribution in [0.1, 0.15) is 36.0 Å². The van der Waals surface area contributed by atoms with Crippen LogP contribution >= 0.6 is 11.3 Å². The van der Waals surface area contributed by atoms with Crippen LogP contribution in [-0.2, 0) is 9.59 Å². The molecule has 1 fully saturated rings. The van der Waals surface area contributed by atoms with Gasteiger partial charge >= 0.3 is 0 Å². The quantitative estimate of drug-likeness (QED) is 0.735. The molecule has 0 aromatic carbocycles. The molecule has 7 heteroatoms. The third kappa shape index (κ3) is 5.14. The van der Waals surface area contributed by atoms with E-state index >= 15 is 0 Å². The number of likely N-dealkylation sites (tertiary alicyclic amines) is 1. The van der Waals surface area contributed by atoms with Crippen LogP contribution in [0.4, 0.5) is 0 Å². The van der Waals surface area contributed by atoms with E-state index in [1.54, 1.807) is 16.3 Å². The van der Waals surface area contributed by atoms with Gasteiger partial charge in [-0.15, -0.1) is 0 Å². The molecule has 0 aliphatic carbocycles. The lowest BCUT2D eigenvalue weighted by Crippen LogP contribution is -2.38. The van der Waals surface area contributed by atoms with Crippen molar-refractivity contribution in [3.63, 3.8) is 0 Å². The molecule has 120 valence electrons. The zero-order chi connectivity index (χ0) is 15.8. The molecular weight excluding hydrogens is 302 g/mol. The number of hydrogen-bond donors (Lipinski definition) is 2. The Kier molecular flexibility index (Phi) is 6.39. The molecule has 0 unspecified atom stereocenters. The van der Waals surface area contributed by atoms with Gasteiger partial charge in [0.25, 0.3) is 5.91 Å². The van der Waals surface area contributed by atoms with Gasteiger partial charge in [0.15, 0.2) is 0 Å². The molecule has 1 aromatic rings. The number of rotatable bonds is 7. The van der Waals surface area contributed by atoms with Crippen molar-refractivity contribution in [2.75, 3.05) is 26.2 Å². The summed E-state index contributed by atoms with van der Waals surface area (Å²) in [6, 6.07) is 1.76. The second-order valence-electron chi connectivity index (χ2n) is 5.24. The lowest BCUT2D eigenvalue weighted by molar-refractivity contribution is -0.132. The van der Waals surface area contributed by atoms with E-state index in [1.165, 1.54) is 11.3 Å². The SMILES string of the molecule is O=C(CCCNC(=O)c1ccsc1)NCC(=O)N1CCCC1. The first-order chi connectivity index (χ1) is 10.7. The van der Waals surface area contributed by atoms with Gasteiger partial charge in [-0.1, -0.05) is 0 Å². The molecule has 3 amide bonds. The van der Waals surface area contributed by atoms with E-state index in [9.17, 15) is 14.4 Å². The van der Waals surface area contributed by atoms with E-state index in [0.29, 0.717) is 24.9 Å². The molecule has 0 spiro atoms. The molecule has 22 heavy (non-hydrogen) atoms. The Morgan fingerprint density at radius 3 is 2.64 bits per heavy atom. The van der Waals surface area contributed by atoms with Crippen molar-refractivity contribution >= 4 is 29.1 Å². The van der Waals surface area contributed by atoms with Crippen molar-refractivity contribution in [3.8, 4) is 0 Å². The molecule has 2 heterocycles. The molecule has 2 N–H and O–H groups in total. The summed E-state index contributed by atoms with van der Waals surface area (Å²) in [6.45, 7) is 2.11. The first kappa shape index (κ1) is 16.5. The summed E-state index contributed by atoms with van der Waals surface area (Å²) in [5, 5.41) is 9.03. The Bertz CT molecular complexity index is 510. The second kappa shape index (κ2) is 8.53. The summed E-state index contributed by atoms with van der Waals surface area (Å²) in [7, 11) is 0. The summed E-state index contributed by atoms with van der Waals surface area (Å²) in [6.07, 6.45) is 2.95. The monoisotopic (exact) mass is 323 g/mol. The van der Waals surface area contributed by atoms with Crippen LogP contribution in [0.2, 0.25) is 0 Å². The minimum Gasteiger partial charge on any atom is -0.352 e. The van der Waals surface area contributed by atoms with Crippen LogP contribution in [0.15, 0.2) is 16.8 Å². The van der Waals surface area contributed by atoms with E-state index in [-0.39, 0.29) is 24.3 Å². The highest BCUT2D eigenvalue weighted by Gasteiger charge is 2.17. The highest BCUT2D eigenvalue weighted by molar-refractivity contribution is 7.08. The Morgan fingerprint density at radius 2 is 1.95 bits per heavy atom.